The second-order valence-electron chi connectivity index (χ2n) is 5.58. The summed E-state index contributed by atoms with van der Waals surface area (Å²) in [7, 11) is 3.82. The number of benzene rings is 1. The highest BCUT2D eigenvalue weighted by Crippen LogP contribution is 2.20. The van der Waals surface area contributed by atoms with Crippen LogP contribution in [-0.2, 0) is 6.42 Å². The summed E-state index contributed by atoms with van der Waals surface area (Å²) in [6.07, 6.45) is 3.28. The van der Waals surface area contributed by atoms with Crippen LogP contribution < -0.4 is 10.1 Å². The van der Waals surface area contributed by atoms with E-state index in [0.29, 0.717) is 0 Å². The molecule has 1 rings (SSSR count). The Bertz CT molecular complexity index is 471. The Labute approximate surface area is 135 Å². The third-order valence-electron chi connectivity index (χ3n) is 3.62. The molecule has 0 bridgehead atoms. The SMILES string of the molecule is CCCCN(C)C(=NCCc1cc(C)ccc1OC)NCC. The standard InChI is InChI=1S/C18H31N3O/c1-6-8-13-21(4)18(19-7-2)20-12-11-16-14-15(3)9-10-17(16)22-5/h9-10,14H,6-8,11-13H2,1-5H3,(H,19,20). The number of hydrogen-bond donors (Lipinski definition) is 1. The van der Waals surface area contributed by atoms with Crippen molar-refractivity contribution in [3.05, 3.63) is 29.3 Å². The summed E-state index contributed by atoms with van der Waals surface area (Å²) in [5.74, 6) is 1.94. The molecule has 124 valence electrons. The van der Waals surface area contributed by atoms with Crippen molar-refractivity contribution in [3.63, 3.8) is 0 Å². The van der Waals surface area contributed by atoms with Crippen molar-refractivity contribution in [1.29, 1.82) is 0 Å². The van der Waals surface area contributed by atoms with Crippen molar-refractivity contribution >= 4 is 5.96 Å². The Kier molecular flexibility index (Phi) is 8.41. The van der Waals surface area contributed by atoms with Crippen molar-refractivity contribution < 1.29 is 4.74 Å². The lowest BCUT2D eigenvalue weighted by molar-refractivity contribution is 0.409. The van der Waals surface area contributed by atoms with E-state index in [4.69, 9.17) is 9.73 Å². The topological polar surface area (TPSA) is 36.9 Å². The Balaban J connectivity index is 2.69. The van der Waals surface area contributed by atoms with Crippen LogP contribution >= 0.6 is 0 Å². The highest BCUT2D eigenvalue weighted by Gasteiger charge is 2.06. The molecule has 0 aliphatic rings. The number of nitrogens with one attached hydrogen (secondary N) is 1. The highest BCUT2D eigenvalue weighted by atomic mass is 16.5. The maximum atomic E-state index is 5.43. The van der Waals surface area contributed by atoms with Crippen molar-refractivity contribution in [2.75, 3.05) is 33.8 Å². The van der Waals surface area contributed by atoms with Gasteiger partial charge in [-0.25, -0.2) is 0 Å². The van der Waals surface area contributed by atoms with Crippen LogP contribution in [0.25, 0.3) is 0 Å². The molecule has 0 aromatic heterocycles. The Morgan fingerprint density at radius 2 is 2.09 bits per heavy atom. The molecule has 0 fully saturated rings. The van der Waals surface area contributed by atoms with Crippen molar-refractivity contribution in [3.8, 4) is 5.75 Å². The maximum Gasteiger partial charge on any atom is 0.193 e. The zero-order valence-corrected chi connectivity index (χ0v) is 14.8. The highest BCUT2D eigenvalue weighted by molar-refractivity contribution is 5.79. The van der Waals surface area contributed by atoms with E-state index in [-0.39, 0.29) is 0 Å². The normalized spacial score (nSPS) is 11.4. The summed E-state index contributed by atoms with van der Waals surface area (Å²) in [4.78, 5) is 6.95. The quantitative estimate of drug-likeness (QED) is 0.592. The van der Waals surface area contributed by atoms with Crippen LogP contribution in [0, 0.1) is 6.92 Å². The molecule has 22 heavy (non-hydrogen) atoms. The fraction of sp³-hybridized carbons (Fsp3) is 0.611. The summed E-state index contributed by atoms with van der Waals surface area (Å²) in [5, 5.41) is 3.36. The van der Waals surface area contributed by atoms with E-state index < -0.39 is 0 Å². The summed E-state index contributed by atoms with van der Waals surface area (Å²) in [5.41, 5.74) is 2.48. The molecule has 0 saturated heterocycles. The molecular weight excluding hydrogens is 274 g/mol. The van der Waals surface area contributed by atoms with E-state index in [0.717, 1.165) is 37.8 Å². The third kappa shape index (κ3) is 5.96. The predicted molar refractivity (Wildman–Crippen MR) is 95.0 cm³/mol. The third-order valence-corrected chi connectivity index (χ3v) is 3.62. The molecule has 4 nitrogen and oxygen atoms in total. The molecule has 0 aliphatic carbocycles. The van der Waals surface area contributed by atoms with Gasteiger partial charge < -0.3 is 15.0 Å². The Morgan fingerprint density at radius 3 is 2.73 bits per heavy atom. The van der Waals surface area contributed by atoms with Gasteiger partial charge in [0.1, 0.15) is 5.75 Å². The number of rotatable bonds is 8. The van der Waals surface area contributed by atoms with Gasteiger partial charge in [-0.15, -0.1) is 0 Å². The summed E-state index contributed by atoms with van der Waals surface area (Å²) in [6, 6.07) is 6.29. The first-order valence-corrected chi connectivity index (χ1v) is 8.25. The molecule has 0 atom stereocenters. The lowest BCUT2D eigenvalue weighted by Gasteiger charge is -2.21. The summed E-state index contributed by atoms with van der Waals surface area (Å²) in [6.45, 7) is 9.11. The van der Waals surface area contributed by atoms with E-state index in [2.05, 4.69) is 50.2 Å². The minimum absolute atomic E-state index is 0.763. The molecule has 0 spiro atoms. The number of methoxy groups -OCH3 is 1. The van der Waals surface area contributed by atoms with Crippen molar-refractivity contribution in [2.24, 2.45) is 4.99 Å². The van der Waals surface area contributed by atoms with Crippen LogP contribution in [-0.4, -0.2) is 44.7 Å². The van der Waals surface area contributed by atoms with Gasteiger partial charge in [0.05, 0.1) is 7.11 Å². The fourth-order valence-electron chi connectivity index (χ4n) is 2.36. The molecule has 0 unspecified atom stereocenters. The van der Waals surface area contributed by atoms with Crippen molar-refractivity contribution in [1.82, 2.24) is 10.2 Å². The van der Waals surface area contributed by atoms with Crippen LogP contribution in [0.4, 0.5) is 0 Å². The first-order chi connectivity index (χ1) is 10.6. The van der Waals surface area contributed by atoms with Crippen LogP contribution in [0.15, 0.2) is 23.2 Å². The van der Waals surface area contributed by atoms with E-state index in [1.165, 1.54) is 24.0 Å². The molecule has 0 amide bonds. The largest absolute Gasteiger partial charge is 0.496 e. The van der Waals surface area contributed by atoms with Gasteiger partial charge in [-0.3, -0.25) is 4.99 Å². The zero-order valence-electron chi connectivity index (χ0n) is 14.8. The fourth-order valence-corrected chi connectivity index (χ4v) is 2.36. The lowest BCUT2D eigenvalue weighted by atomic mass is 10.1. The van der Waals surface area contributed by atoms with E-state index >= 15 is 0 Å². The van der Waals surface area contributed by atoms with Gasteiger partial charge >= 0.3 is 0 Å². The molecule has 1 aromatic rings. The number of hydrogen-bond acceptors (Lipinski definition) is 2. The van der Waals surface area contributed by atoms with Crippen molar-refractivity contribution in [2.45, 2.75) is 40.0 Å². The molecule has 0 radical (unpaired) electrons. The Hall–Kier alpha value is -1.71. The first kappa shape index (κ1) is 18.3. The summed E-state index contributed by atoms with van der Waals surface area (Å²) >= 11 is 0. The zero-order chi connectivity index (χ0) is 16.4. The average Bonchev–Trinajstić information content (AvgIpc) is 2.52. The van der Waals surface area contributed by atoms with Gasteiger partial charge in [0.25, 0.3) is 0 Å². The van der Waals surface area contributed by atoms with Gasteiger partial charge in [0.2, 0.25) is 0 Å². The molecule has 0 aliphatic heterocycles. The van der Waals surface area contributed by atoms with Crippen LogP contribution in [0.1, 0.15) is 37.8 Å². The van der Waals surface area contributed by atoms with Gasteiger partial charge in [-0.1, -0.05) is 31.0 Å². The monoisotopic (exact) mass is 305 g/mol. The van der Waals surface area contributed by atoms with Crippen LogP contribution in [0.5, 0.6) is 5.75 Å². The number of unbranched alkanes of at least 4 members (excludes halogenated alkanes) is 1. The second-order valence-corrected chi connectivity index (χ2v) is 5.58. The second kappa shape index (κ2) is 10.1. The molecule has 0 heterocycles. The van der Waals surface area contributed by atoms with Crippen LogP contribution in [0.3, 0.4) is 0 Å². The molecule has 4 heteroatoms. The van der Waals surface area contributed by atoms with Gasteiger partial charge in [0.15, 0.2) is 5.96 Å². The number of aliphatic imine (C=N–C) groups is 1. The summed E-state index contributed by atoms with van der Waals surface area (Å²) < 4.78 is 5.43. The first-order valence-electron chi connectivity index (χ1n) is 8.25. The minimum atomic E-state index is 0.763. The van der Waals surface area contributed by atoms with E-state index in [9.17, 15) is 0 Å². The number of nitrogens with zero attached hydrogens (tertiary/aromatic N) is 2. The molecule has 0 saturated carbocycles. The predicted octanol–water partition coefficient (Wildman–Crippen LogP) is 3.24. The molecule has 1 N–H and O–H groups in total. The maximum absolute atomic E-state index is 5.43. The van der Waals surface area contributed by atoms with E-state index in [1.807, 2.05) is 6.07 Å². The van der Waals surface area contributed by atoms with Crippen LogP contribution in [0.2, 0.25) is 0 Å². The molecule has 1 aromatic carbocycles. The smallest absolute Gasteiger partial charge is 0.193 e. The Morgan fingerprint density at radius 1 is 1.32 bits per heavy atom. The van der Waals surface area contributed by atoms with E-state index in [1.54, 1.807) is 7.11 Å². The number of ether oxygens (including phenoxy) is 1. The number of aryl methyl sites for hydroxylation is 1. The van der Waals surface area contributed by atoms with Gasteiger partial charge in [-0.2, -0.15) is 0 Å². The minimum Gasteiger partial charge on any atom is -0.496 e. The average molecular weight is 305 g/mol. The van der Waals surface area contributed by atoms with Gasteiger partial charge in [0, 0.05) is 26.7 Å². The number of guanidine groups is 1. The lowest BCUT2D eigenvalue weighted by Crippen LogP contribution is -2.39. The molecular formula is C18H31N3O. The van der Waals surface area contributed by atoms with Gasteiger partial charge in [-0.05, 0) is 38.3 Å².